The number of aromatic amines is 1. The van der Waals surface area contributed by atoms with Crippen LogP contribution in [-0.2, 0) is 9.47 Å². The normalized spacial score (nSPS) is 30.2. The lowest BCUT2D eigenvalue weighted by Crippen LogP contribution is -2.47. The van der Waals surface area contributed by atoms with E-state index in [1.165, 1.54) is 12.1 Å². The summed E-state index contributed by atoms with van der Waals surface area (Å²) in [6.45, 7) is -0.215. The summed E-state index contributed by atoms with van der Waals surface area (Å²) in [5.41, 5.74) is -4.11. The van der Waals surface area contributed by atoms with E-state index in [1.807, 2.05) is 4.98 Å². The van der Waals surface area contributed by atoms with Crippen LogP contribution in [0.3, 0.4) is 0 Å². The maximum atomic E-state index is 15.0. The minimum atomic E-state index is -3.20. The van der Waals surface area contributed by atoms with Crippen molar-refractivity contribution in [2.75, 3.05) is 6.61 Å². The number of ether oxygens (including phenoxy) is 2. The molecule has 1 aliphatic rings. The van der Waals surface area contributed by atoms with Gasteiger partial charge in [0.1, 0.15) is 5.60 Å². The molecule has 2 aromatic rings. The van der Waals surface area contributed by atoms with Gasteiger partial charge in [-0.25, -0.2) is 18.4 Å². The minimum Gasteiger partial charge on any atom is -0.456 e. The molecule has 0 unspecified atom stereocenters. The molecule has 4 atom stereocenters. The summed E-state index contributed by atoms with van der Waals surface area (Å²) in [6, 6.07) is 8.57. The van der Waals surface area contributed by atoms with Gasteiger partial charge in [-0.1, -0.05) is 18.2 Å². The van der Waals surface area contributed by atoms with Crippen molar-refractivity contribution in [2.45, 2.75) is 30.8 Å². The van der Waals surface area contributed by atoms with Crippen LogP contribution >= 0.6 is 0 Å². The topological polar surface area (TPSA) is 111 Å². The van der Waals surface area contributed by atoms with Gasteiger partial charge < -0.3 is 14.6 Å². The number of carbonyl (C=O) groups is 1. The number of halogens is 2. The molecule has 1 aromatic carbocycles. The van der Waals surface area contributed by atoms with Gasteiger partial charge in [0.2, 0.25) is 0 Å². The zero-order chi connectivity index (χ0) is 19.8. The highest BCUT2D eigenvalue weighted by molar-refractivity contribution is 5.89. The van der Waals surface area contributed by atoms with E-state index in [4.69, 9.17) is 9.47 Å². The van der Waals surface area contributed by atoms with Crippen molar-refractivity contribution in [3.63, 3.8) is 0 Å². The van der Waals surface area contributed by atoms with Crippen LogP contribution < -0.4 is 11.2 Å². The Labute approximate surface area is 151 Å². The lowest BCUT2D eigenvalue weighted by Gasteiger charge is -2.25. The highest BCUT2D eigenvalue weighted by atomic mass is 19.2. The second-order valence-electron chi connectivity index (χ2n) is 6.30. The van der Waals surface area contributed by atoms with Gasteiger partial charge in [0, 0.05) is 12.3 Å². The Bertz CT molecular complexity index is 958. The fraction of sp³-hybridized carbons (Fsp3) is 0.353. The first-order valence-corrected chi connectivity index (χ1v) is 7.92. The van der Waals surface area contributed by atoms with Gasteiger partial charge in [0.25, 0.3) is 11.4 Å². The van der Waals surface area contributed by atoms with Gasteiger partial charge in [0.15, 0.2) is 19.0 Å². The van der Waals surface area contributed by atoms with Crippen LogP contribution in [0, 0.1) is 0 Å². The summed E-state index contributed by atoms with van der Waals surface area (Å²) in [6.07, 6.45) is -3.50. The van der Waals surface area contributed by atoms with Crippen molar-refractivity contribution in [1.29, 1.82) is 0 Å². The number of hydrogen-bond donors (Lipinski definition) is 2. The first-order valence-electron chi connectivity index (χ1n) is 7.92. The Hall–Kier alpha value is -2.85. The minimum absolute atomic E-state index is 0.120. The second kappa shape index (κ2) is 6.71. The Kier molecular flexibility index (Phi) is 4.70. The van der Waals surface area contributed by atoms with Crippen molar-refractivity contribution in [3.8, 4) is 0 Å². The molecular weight excluding hydrogens is 366 g/mol. The largest absolute Gasteiger partial charge is 0.456 e. The summed E-state index contributed by atoms with van der Waals surface area (Å²) >= 11 is 0. The van der Waals surface area contributed by atoms with E-state index < -0.39 is 47.7 Å². The number of esters is 1. The van der Waals surface area contributed by atoms with E-state index in [1.54, 1.807) is 18.2 Å². The fourth-order valence-corrected chi connectivity index (χ4v) is 2.81. The lowest BCUT2D eigenvalue weighted by atomic mass is 9.96. The predicted molar refractivity (Wildman–Crippen MR) is 87.5 cm³/mol. The SMILES string of the molecule is C[C@]1(O)[C@H](n2ccc(=O)[nH]c2=O)O[C@](F)(COC(=O)c2ccccc2)[C@H]1F. The quantitative estimate of drug-likeness (QED) is 0.753. The Morgan fingerprint density at radius 1 is 1.33 bits per heavy atom. The van der Waals surface area contributed by atoms with E-state index in [0.29, 0.717) is 4.57 Å². The molecule has 0 amide bonds. The summed E-state index contributed by atoms with van der Waals surface area (Å²) in [5.74, 6) is -4.11. The van der Waals surface area contributed by atoms with Crippen molar-refractivity contribution in [2.24, 2.45) is 0 Å². The molecule has 144 valence electrons. The molecule has 8 nitrogen and oxygen atoms in total. The molecule has 0 bridgehead atoms. The molecule has 1 fully saturated rings. The number of H-pyrrole nitrogens is 1. The molecule has 1 aliphatic heterocycles. The van der Waals surface area contributed by atoms with E-state index in [0.717, 1.165) is 19.2 Å². The highest BCUT2D eigenvalue weighted by Crippen LogP contribution is 2.46. The zero-order valence-electron chi connectivity index (χ0n) is 14.1. The molecule has 0 saturated carbocycles. The number of carbonyl (C=O) groups excluding carboxylic acids is 1. The average molecular weight is 382 g/mol. The van der Waals surface area contributed by atoms with Crippen LogP contribution in [0.4, 0.5) is 8.78 Å². The Morgan fingerprint density at radius 2 is 2.00 bits per heavy atom. The van der Waals surface area contributed by atoms with Crippen LogP contribution in [0.5, 0.6) is 0 Å². The van der Waals surface area contributed by atoms with Crippen LogP contribution in [0.15, 0.2) is 52.2 Å². The van der Waals surface area contributed by atoms with Gasteiger partial charge in [0.05, 0.1) is 5.56 Å². The molecule has 3 rings (SSSR count). The molecule has 10 heteroatoms. The van der Waals surface area contributed by atoms with Crippen LogP contribution in [0.2, 0.25) is 0 Å². The number of nitrogens with one attached hydrogen (secondary N) is 1. The molecule has 2 heterocycles. The average Bonchev–Trinajstić information content (AvgIpc) is 2.81. The summed E-state index contributed by atoms with van der Waals surface area (Å²) in [4.78, 5) is 36.8. The van der Waals surface area contributed by atoms with E-state index in [-0.39, 0.29) is 5.56 Å². The first kappa shape index (κ1) is 18.9. The zero-order valence-corrected chi connectivity index (χ0v) is 14.1. The van der Waals surface area contributed by atoms with Crippen LogP contribution in [0.25, 0.3) is 0 Å². The number of rotatable bonds is 4. The number of aromatic nitrogens is 2. The number of aliphatic hydroxyl groups is 1. The third kappa shape index (κ3) is 3.40. The first-order chi connectivity index (χ1) is 12.6. The number of benzene rings is 1. The maximum Gasteiger partial charge on any atom is 0.338 e. The number of hydrogen-bond acceptors (Lipinski definition) is 6. The van der Waals surface area contributed by atoms with Crippen molar-refractivity contribution in [3.05, 3.63) is 69.0 Å². The van der Waals surface area contributed by atoms with Crippen molar-refractivity contribution >= 4 is 5.97 Å². The standard InChI is InChI=1S/C17H16F2N2O6/c1-16(25)13(18)17(19,9-26-12(23)10-5-3-2-4-6-10)27-14(16)21-8-7-11(22)20-15(21)24/h2-8,13-14,25H,9H2,1H3,(H,20,22,24)/t13-,14+,16+,17+/m0/s1. The highest BCUT2D eigenvalue weighted by Gasteiger charge is 2.65. The predicted octanol–water partition coefficient (Wildman–Crippen LogP) is 0.677. The molecule has 1 aromatic heterocycles. The second-order valence-corrected chi connectivity index (χ2v) is 6.30. The lowest BCUT2D eigenvalue weighted by molar-refractivity contribution is -0.198. The van der Waals surface area contributed by atoms with Gasteiger partial charge in [-0.05, 0) is 19.1 Å². The molecule has 0 spiro atoms. The third-order valence-corrected chi connectivity index (χ3v) is 4.21. The van der Waals surface area contributed by atoms with Crippen molar-refractivity contribution in [1.82, 2.24) is 9.55 Å². The van der Waals surface area contributed by atoms with Gasteiger partial charge in [-0.2, -0.15) is 0 Å². The Balaban J connectivity index is 1.83. The van der Waals surface area contributed by atoms with Crippen LogP contribution in [-0.4, -0.2) is 44.9 Å². The van der Waals surface area contributed by atoms with Gasteiger partial charge >= 0.3 is 11.7 Å². The van der Waals surface area contributed by atoms with Crippen molar-refractivity contribution < 1.29 is 28.2 Å². The van der Waals surface area contributed by atoms with Gasteiger partial charge in [-0.15, -0.1) is 0 Å². The third-order valence-electron chi connectivity index (χ3n) is 4.21. The molecule has 2 N–H and O–H groups in total. The molecule has 27 heavy (non-hydrogen) atoms. The monoisotopic (exact) mass is 382 g/mol. The van der Waals surface area contributed by atoms with Crippen LogP contribution in [0.1, 0.15) is 23.5 Å². The van der Waals surface area contributed by atoms with Gasteiger partial charge in [-0.3, -0.25) is 14.3 Å². The fourth-order valence-electron chi connectivity index (χ4n) is 2.81. The summed E-state index contributed by atoms with van der Waals surface area (Å²) < 4.78 is 40.0. The smallest absolute Gasteiger partial charge is 0.338 e. The number of nitrogens with zero attached hydrogens (tertiary/aromatic N) is 1. The molecule has 0 radical (unpaired) electrons. The summed E-state index contributed by atoms with van der Waals surface area (Å²) in [7, 11) is 0. The maximum absolute atomic E-state index is 15.0. The molecule has 1 saturated heterocycles. The molecular formula is C17H16F2N2O6. The molecule has 0 aliphatic carbocycles. The Morgan fingerprint density at radius 3 is 2.63 bits per heavy atom. The summed E-state index contributed by atoms with van der Waals surface area (Å²) in [5, 5.41) is 10.4. The number of alkyl halides is 2. The van der Waals surface area contributed by atoms with E-state index in [9.17, 15) is 23.9 Å². The van der Waals surface area contributed by atoms with E-state index in [2.05, 4.69) is 0 Å². The van der Waals surface area contributed by atoms with E-state index >= 15 is 4.39 Å².